The van der Waals surface area contributed by atoms with E-state index in [1.54, 1.807) is 18.5 Å². The van der Waals surface area contributed by atoms with E-state index in [2.05, 4.69) is 15.3 Å². The van der Waals surface area contributed by atoms with Crippen LogP contribution in [0, 0.1) is 5.82 Å². The summed E-state index contributed by atoms with van der Waals surface area (Å²) < 4.78 is 13.3. The number of nitrogens with zero attached hydrogens (tertiary/aromatic N) is 1. The third kappa shape index (κ3) is 1.64. The first-order valence-electron chi connectivity index (χ1n) is 5.84. The van der Waals surface area contributed by atoms with Crippen LogP contribution in [0.5, 0.6) is 0 Å². The Labute approximate surface area is 109 Å². The molecule has 0 spiro atoms. The molecule has 2 N–H and O–H groups in total. The molecule has 0 saturated carbocycles. The largest absolute Gasteiger partial charge is 0.348 e. The van der Waals surface area contributed by atoms with Crippen LogP contribution in [-0.4, -0.2) is 16.5 Å². The molecular formula is C13H13ClFN3. The highest BCUT2D eigenvalue weighted by Crippen LogP contribution is 2.34. The summed E-state index contributed by atoms with van der Waals surface area (Å²) in [5.74, 6) is -0.401. The van der Waals surface area contributed by atoms with E-state index in [4.69, 9.17) is 11.6 Å². The average molecular weight is 266 g/mol. The number of aromatic nitrogens is 2. The predicted molar refractivity (Wildman–Crippen MR) is 68.2 cm³/mol. The van der Waals surface area contributed by atoms with E-state index in [0.717, 1.165) is 29.9 Å². The van der Waals surface area contributed by atoms with Crippen molar-refractivity contribution in [1.29, 1.82) is 0 Å². The molecule has 5 heteroatoms. The molecule has 0 radical (unpaired) electrons. The zero-order valence-electron chi connectivity index (χ0n) is 9.93. The minimum absolute atomic E-state index is 0.137. The Morgan fingerprint density at radius 3 is 3.06 bits per heavy atom. The summed E-state index contributed by atoms with van der Waals surface area (Å²) in [6, 6.07) is 4.80. The van der Waals surface area contributed by atoms with Gasteiger partial charge in [0.25, 0.3) is 0 Å². The number of hydrogen-bond donors (Lipinski definition) is 2. The quantitative estimate of drug-likeness (QED) is 0.832. The van der Waals surface area contributed by atoms with Crippen LogP contribution in [0.2, 0.25) is 5.02 Å². The van der Waals surface area contributed by atoms with Crippen molar-refractivity contribution in [3.63, 3.8) is 0 Å². The monoisotopic (exact) mass is 265 g/mol. The third-order valence-electron chi connectivity index (χ3n) is 3.54. The lowest BCUT2D eigenvalue weighted by Gasteiger charge is -2.34. The van der Waals surface area contributed by atoms with Crippen LogP contribution in [0.4, 0.5) is 4.39 Å². The summed E-state index contributed by atoms with van der Waals surface area (Å²) in [4.78, 5) is 7.53. The Kier molecular flexibility index (Phi) is 2.64. The molecule has 3 nitrogen and oxygen atoms in total. The highest BCUT2D eigenvalue weighted by atomic mass is 35.5. The Morgan fingerprint density at radius 1 is 1.44 bits per heavy atom. The number of halogens is 2. The van der Waals surface area contributed by atoms with Crippen molar-refractivity contribution in [2.45, 2.75) is 18.9 Å². The fourth-order valence-electron chi connectivity index (χ4n) is 2.51. The second-order valence-electron chi connectivity index (χ2n) is 4.66. The van der Waals surface area contributed by atoms with Gasteiger partial charge in [0.15, 0.2) is 0 Å². The summed E-state index contributed by atoms with van der Waals surface area (Å²) in [5.41, 5.74) is 2.57. The summed E-state index contributed by atoms with van der Waals surface area (Å²) >= 11 is 5.87. The van der Waals surface area contributed by atoms with Crippen molar-refractivity contribution in [2.75, 3.05) is 6.54 Å². The van der Waals surface area contributed by atoms with Crippen LogP contribution >= 0.6 is 11.6 Å². The summed E-state index contributed by atoms with van der Waals surface area (Å²) in [7, 11) is 0. The third-order valence-corrected chi connectivity index (χ3v) is 3.83. The maximum absolute atomic E-state index is 13.3. The maximum atomic E-state index is 13.3. The van der Waals surface area contributed by atoms with Crippen molar-refractivity contribution in [1.82, 2.24) is 15.3 Å². The smallest absolute Gasteiger partial charge is 0.141 e. The van der Waals surface area contributed by atoms with Crippen molar-refractivity contribution in [2.24, 2.45) is 0 Å². The Hall–Kier alpha value is -1.39. The highest BCUT2D eigenvalue weighted by Gasteiger charge is 2.36. The molecule has 1 unspecified atom stereocenters. The molecule has 1 aliphatic heterocycles. The predicted octanol–water partition coefficient (Wildman–Crippen LogP) is 2.61. The molecule has 2 heterocycles. The van der Waals surface area contributed by atoms with Gasteiger partial charge in [-0.3, -0.25) is 0 Å². The van der Waals surface area contributed by atoms with Crippen LogP contribution < -0.4 is 5.32 Å². The Morgan fingerprint density at radius 2 is 2.28 bits per heavy atom. The van der Waals surface area contributed by atoms with Crippen molar-refractivity contribution >= 4 is 11.6 Å². The minimum atomic E-state index is -0.426. The molecule has 0 bridgehead atoms. The van der Waals surface area contributed by atoms with Gasteiger partial charge in [0, 0.05) is 18.7 Å². The van der Waals surface area contributed by atoms with Gasteiger partial charge in [-0.2, -0.15) is 0 Å². The standard InChI is InChI=1S/C13H13ClFN3/c1-13(8-2-3-10(15)9(14)6-8)12-11(4-5-18-13)16-7-17-12/h2-3,6-7,18H,4-5H2,1H3,(H,16,17). The fourth-order valence-corrected chi connectivity index (χ4v) is 2.69. The van der Waals surface area contributed by atoms with Crippen LogP contribution in [0.15, 0.2) is 24.5 Å². The second-order valence-corrected chi connectivity index (χ2v) is 5.07. The number of benzene rings is 1. The van der Waals surface area contributed by atoms with Crippen molar-refractivity contribution in [3.05, 3.63) is 52.3 Å². The number of rotatable bonds is 1. The molecule has 1 atom stereocenters. The Bertz CT molecular complexity index is 596. The van der Waals surface area contributed by atoms with Gasteiger partial charge in [0.05, 0.1) is 22.6 Å². The molecule has 2 aromatic rings. The van der Waals surface area contributed by atoms with Gasteiger partial charge in [-0.15, -0.1) is 0 Å². The van der Waals surface area contributed by atoms with Gasteiger partial charge in [0.1, 0.15) is 5.82 Å². The van der Waals surface area contributed by atoms with Crippen molar-refractivity contribution in [3.8, 4) is 0 Å². The van der Waals surface area contributed by atoms with Gasteiger partial charge < -0.3 is 10.3 Å². The molecule has 1 aromatic heterocycles. The summed E-state index contributed by atoms with van der Waals surface area (Å²) in [5, 5.41) is 3.57. The molecule has 1 aromatic carbocycles. The average Bonchev–Trinajstić information content (AvgIpc) is 2.82. The molecule has 0 aliphatic carbocycles. The van der Waals surface area contributed by atoms with E-state index < -0.39 is 11.4 Å². The second kappa shape index (κ2) is 4.07. The lowest BCUT2D eigenvalue weighted by molar-refractivity contribution is 0.403. The molecule has 18 heavy (non-hydrogen) atoms. The van der Waals surface area contributed by atoms with E-state index in [0.29, 0.717) is 0 Å². The first-order chi connectivity index (χ1) is 8.61. The van der Waals surface area contributed by atoms with E-state index >= 15 is 0 Å². The molecule has 0 fully saturated rings. The van der Waals surface area contributed by atoms with Gasteiger partial charge in [-0.05, 0) is 24.6 Å². The molecule has 94 valence electrons. The van der Waals surface area contributed by atoms with Crippen LogP contribution in [-0.2, 0) is 12.0 Å². The van der Waals surface area contributed by atoms with Gasteiger partial charge in [0.2, 0.25) is 0 Å². The normalized spacial score (nSPS) is 22.8. The number of fused-ring (bicyclic) bond motifs is 1. The highest BCUT2D eigenvalue weighted by molar-refractivity contribution is 6.30. The first kappa shape index (κ1) is 11.7. The van der Waals surface area contributed by atoms with E-state index in [-0.39, 0.29) is 5.02 Å². The van der Waals surface area contributed by atoms with Crippen molar-refractivity contribution < 1.29 is 4.39 Å². The van der Waals surface area contributed by atoms with Gasteiger partial charge in [-0.1, -0.05) is 17.7 Å². The topological polar surface area (TPSA) is 40.7 Å². The molecule has 3 rings (SSSR count). The summed E-state index contributed by atoms with van der Waals surface area (Å²) in [6.45, 7) is 2.89. The SMILES string of the molecule is CC1(c2ccc(F)c(Cl)c2)NCCc2[nH]cnc21. The number of H-pyrrole nitrogens is 1. The van der Waals surface area contributed by atoms with E-state index in [1.165, 1.54) is 6.07 Å². The maximum Gasteiger partial charge on any atom is 0.141 e. The number of aromatic amines is 1. The van der Waals surface area contributed by atoms with E-state index in [1.807, 2.05) is 6.92 Å². The minimum Gasteiger partial charge on any atom is -0.348 e. The zero-order valence-corrected chi connectivity index (χ0v) is 10.7. The molecular weight excluding hydrogens is 253 g/mol. The zero-order chi connectivity index (χ0) is 12.8. The molecule has 0 amide bonds. The van der Waals surface area contributed by atoms with Crippen LogP contribution in [0.1, 0.15) is 23.9 Å². The fraction of sp³-hybridized carbons (Fsp3) is 0.308. The van der Waals surface area contributed by atoms with Gasteiger partial charge >= 0.3 is 0 Å². The van der Waals surface area contributed by atoms with E-state index in [9.17, 15) is 4.39 Å². The number of hydrogen-bond acceptors (Lipinski definition) is 2. The number of imidazole rings is 1. The molecule has 1 aliphatic rings. The Balaban J connectivity index is 2.14. The lowest BCUT2D eigenvalue weighted by atomic mass is 9.84. The molecule has 0 saturated heterocycles. The van der Waals surface area contributed by atoms with Crippen LogP contribution in [0.25, 0.3) is 0 Å². The van der Waals surface area contributed by atoms with Gasteiger partial charge in [-0.25, -0.2) is 9.37 Å². The first-order valence-corrected chi connectivity index (χ1v) is 6.22. The summed E-state index contributed by atoms with van der Waals surface area (Å²) in [6.07, 6.45) is 2.61. The van der Waals surface area contributed by atoms with Crippen LogP contribution in [0.3, 0.4) is 0 Å². The lowest BCUT2D eigenvalue weighted by Crippen LogP contribution is -2.46. The number of nitrogens with one attached hydrogen (secondary N) is 2.